The lowest BCUT2D eigenvalue weighted by atomic mass is 9.89. The molecule has 2 fully saturated rings. The molecule has 3 N–H and O–H groups in total. The molecule has 3 aliphatic rings. The summed E-state index contributed by atoms with van der Waals surface area (Å²) >= 11 is 0. The standard InChI is InChI=1S/C33H43N5O9S/c1-22(36-20-34)35-13-12-33(2,3)19-38(48(41,42)24-9-10-28-29(16-24)46-21-45-28)17-27(39)26(15-23-7-5-4-6-8-23)37-32(40)47-30-18-44-31-25(30)11-14-43-31/h4-10,16,25-27,30-31,39H,11-15,17-19,21H2,1-3H3,(H,35,36)(H,37,40)/t25?,26-,27?,30?,31?/m0/s1. The number of aliphatic imine (C=N–C) groups is 1. The van der Waals surface area contributed by atoms with Gasteiger partial charge in [0.15, 0.2) is 24.0 Å². The average molecular weight is 686 g/mol. The van der Waals surface area contributed by atoms with Gasteiger partial charge in [-0.15, -0.1) is 0 Å². The minimum Gasteiger partial charge on any atom is -0.454 e. The van der Waals surface area contributed by atoms with Gasteiger partial charge in [-0.1, -0.05) is 44.2 Å². The molecule has 3 aliphatic heterocycles. The summed E-state index contributed by atoms with van der Waals surface area (Å²) in [6.45, 7) is 6.24. The van der Waals surface area contributed by atoms with Gasteiger partial charge in [-0.2, -0.15) is 9.57 Å². The third-order valence-electron chi connectivity index (χ3n) is 8.66. The maximum atomic E-state index is 14.3. The highest BCUT2D eigenvalue weighted by atomic mass is 32.2. The molecule has 0 spiro atoms. The summed E-state index contributed by atoms with van der Waals surface area (Å²) in [5.41, 5.74) is 0.225. The minimum atomic E-state index is -4.19. The van der Waals surface area contributed by atoms with Crippen LogP contribution in [-0.2, 0) is 30.7 Å². The molecule has 1 amide bonds. The van der Waals surface area contributed by atoms with E-state index in [-0.39, 0.29) is 43.7 Å². The molecule has 48 heavy (non-hydrogen) atoms. The number of carbonyl (C=O) groups is 1. The lowest BCUT2D eigenvalue weighted by molar-refractivity contribution is -0.0907. The summed E-state index contributed by atoms with van der Waals surface area (Å²) in [5, 5.41) is 25.9. The van der Waals surface area contributed by atoms with Gasteiger partial charge in [0, 0.05) is 25.7 Å². The topological polar surface area (TPSA) is 181 Å². The number of alkyl carbamates (subject to hydrolysis) is 1. The second-order valence-electron chi connectivity index (χ2n) is 12.9. The number of sulfonamides is 1. The van der Waals surface area contributed by atoms with Crippen molar-refractivity contribution in [2.45, 2.75) is 69.5 Å². The van der Waals surface area contributed by atoms with Crippen LogP contribution in [0.5, 0.6) is 11.5 Å². The van der Waals surface area contributed by atoms with E-state index in [1.54, 1.807) is 6.92 Å². The quantitative estimate of drug-likeness (QED) is 0.115. The van der Waals surface area contributed by atoms with Crippen LogP contribution in [0.3, 0.4) is 0 Å². The largest absolute Gasteiger partial charge is 0.454 e. The Labute approximate surface area is 281 Å². The molecule has 2 saturated heterocycles. The van der Waals surface area contributed by atoms with Gasteiger partial charge in [-0.3, -0.25) is 10.3 Å². The lowest BCUT2D eigenvalue weighted by Gasteiger charge is -2.35. The Bertz CT molecular complexity index is 1600. The molecule has 260 valence electrons. The van der Waals surface area contributed by atoms with Crippen molar-refractivity contribution >= 4 is 22.0 Å². The van der Waals surface area contributed by atoms with E-state index >= 15 is 0 Å². The highest BCUT2D eigenvalue weighted by Crippen LogP contribution is 2.36. The van der Waals surface area contributed by atoms with E-state index in [9.17, 15) is 18.3 Å². The number of hydrogen-bond acceptors (Lipinski definition) is 11. The van der Waals surface area contributed by atoms with Crippen LogP contribution in [0.15, 0.2) is 58.4 Å². The SMILES string of the molecule is CC(=NCCC(C)(C)CN(CC(O)[C@H](Cc1ccccc1)NC(=O)OC1COC2OCCC12)S(=O)(=O)c1ccc2c(c1)OCO2)NC#N. The lowest BCUT2D eigenvalue weighted by Crippen LogP contribution is -2.52. The normalized spacial score (nSPS) is 21.8. The van der Waals surface area contributed by atoms with E-state index < -0.39 is 46.1 Å². The van der Waals surface area contributed by atoms with Crippen molar-refractivity contribution in [3.63, 3.8) is 0 Å². The van der Waals surface area contributed by atoms with Crippen LogP contribution in [0.1, 0.15) is 39.2 Å². The maximum absolute atomic E-state index is 14.3. The summed E-state index contributed by atoms with van der Waals surface area (Å²) in [7, 11) is -4.19. The molecule has 5 atom stereocenters. The fraction of sp³-hybridized carbons (Fsp3) is 0.545. The van der Waals surface area contributed by atoms with Gasteiger partial charge in [0.2, 0.25) is 16.8 Å². The van der Waals surface area contributed by atoms with Crippen LogP contribution in [0.25, 0.3) is 0 Å². The molecule has 4 unspecified atom stereocenters. The van der Waals surface area contributed by atoms with Gasteiger partial charge in [0.1, 0.15) is 11.9 Å². The average Bonchev–Trinajstić information content (AvgIpc) is 3.79. The van der Waals surface area contributed by atoms with Crippen molar-refractivity contribution in [1.82, 2.24) is 14.9 Å². The van der Waals surface area contributed by atoms with Gasteiger partial charge in [-0.05, 0) is 49.3 Å². The minimum absolute atomic E-state index is 0.0147. The summed E-state index contributed by atoms with van der Waals surface area (Å²) in [4.78, 5) is 17.5. The maximum Gasteiger partial charge on any atom is 0.407 e. The molecule has 15 heteroatoms. The molecule has 3 heterocycles. The summed E-state index contributed by atoms with van der Waals surface area (Å²) in [6.07, 6.45) is 0.273. The van der Waals surface area contributed by atoms with E-state index in [1.165, 1.54) is 22.5 Å². The Hall–Kier alpha value is -3.94. The Kier molecular flexibility index (Phi) is 11.4. The van der Waals surface area contributed by atoms with E-state index in [0.717, 1.165) is 5.56 Å². The fourth-order valence-electron chi connectivity index (χ4n) is 5.99. The molecular formula is C33H43N5O9S. The molecule has 5 rings (SSSR count). The van der Waals surface area contributed by atoms with Crippen LogP contribution in [0.4, 0.5) is 4.79 Å². The predicted octanol–water partition coefficient (Wildman–Crippen LogP) is 2.77. The van der Waals surface area contributed by atoms with Gasteiger partial charge < -0.3 is 34.1 Å². The zero-order chi connectivity index (χ0) is 34.3. The smallest absolute Gasteiger partial charge is 0.407 e. The number of nitriles is 1. The summed E-state index contributed by atoms with van der Waals surface area (Å²) in [5.74, 6) is 1.13. The van der Waals surface area contributed by atoms with Gasteiger partial charge >= 0.3 is 6.09 Å². The highest BCUT2D eigenvalue weighted by Gasteiger charge is 2.44. The number of carbonyl (C=O) groups excluding carboxylic acids is 1. The number of hydrogen-bond donors (Lipinski definition) is 3. The third-order valence-corrected chi connectivity index (χ3v) is 10.5. The summed E-state index contributed by atoms with van der Waals surface area (Å²) < 4.78 is 57.4. The van der Waals surface area contributed by atoms with Crippen LogP contribution >= 0.6 is 0 Å². The fourth-order valence-corrected chi connectivity index (χ4v) is 7.66. The Morgan fingerprint density at radius 2 is 1.96 bits per heavy atom. The first-order chi connectivity index (χ1) is 22.9. The van der Waals surface area contributed by atoms with Gasteiger partial charge in [0.25, 0.3) is 0 Å². The van der Waals surface area contributed by atoms with Crippen molar-refractivity contribution in [2.24, 2.45) is 16.3 Å². The van der Waals surface area contributed by atoms with E-state index in [4.69, 9.17) is 28.9 Å². The van der Waals surface area contributed by atoms with Gasteiger partial charge in [-0.25, -0.2) is 13.2 Å². The first-order valence-electron chi connectivity index (χ1n) is 15.9. The number of fused-ring (bicyclic) bond motifs is 2. The second-order valence-corrected chi connectivity index (χ2v) is 14.8. The molecular weight excluding hydrogens is 642 g/mol. The van der Waals surface area contributed by atoms with Crippen molar-refractivity contribution in [1.29, 1.82) is 5.26 Å². The number of nitrogens with zero attached hydrogens (tertiary/aromatic N) is 3. The molecule has 2 aromatic carbocycles. The zero-order valence-corrected chi connectivity index (χ0v) is 28.1. The van der Waals surface area contributed by atoms with E-state index in [2.05, 4.69) is 15.6 Å². The molecule has 0 saturated carbocycles. The Morgan fingerprint density at radius 1 is 1.19 bits per heavy atom. The van der Waals surface area contributed by atoms with Crippen molar-refractivity contribution in [3.8, 4) is 17.7 Å². The molecule has 0 bridgehead atoms. The monoisotopic (exact) mass is 685 g/mol. The Morgan fingerprint density at radius 3 is 2.73 bits per heavy atom. The van der Waals surface area contributed by atoms with Gasteiger partial charge in [0.05, 0.1) is 36.2 Å². The molecule has 0 aliphatic carbocycles. The number of nitrogens with one attached hydrogen (secondary N) is 2. The third kappa shape index (κ3) is 8.94. The van der Waals surface area contributed by atoms with Crippen molar-refractivity contribution in [3.05, 3.63) is 54.1 Å². The van der Waals surface area contributed by atoms with Crippen LogP contribution in [0.2, 0.25) is 0 Å². The first-order valence-corrected chi connectivity index (χ1v) is 17.4. The summed E-state index contributed by atoms with van der Waals surface area (Å²) in [6, 6.07) is 12.8. The number of rotatable bonds is 14. The van der Waals surface area contributed by atoms with Crippen molar-refractivity contribution < 1.29 is 42.0 Å². The first kappa shape index (κ1) is 35.4. The number of ether oxygens (including phenoxy) is 5. The number of aliphatic hydroxyl groups is 1. The molecule has 14 nitrogen and oxygen atoms in total. The zero-order valence-electron chi connectivity index (χ0n) is 27.3. The molecule has 0 aromatic heterocycles. The number of amidine groups is 1. The van der Waals surface area contributed by atoms with Crippen molar-refractivity contribution in [2.75, 3.05) is 39.6 Å². The number of aliphatic hydroxyl groups excluding tert-OH is 1. The van der Waals surface area contributed by atoms with Crippen LogP contribution in [-0.4, -0.2) is 93.9 Å². The molecule has 2 aromatic rings. The second kappa shape index (κ2) is 15.5. The van der Waals surface area contributed by atoms with E-state index in [1.807, 2.05) is 50.4 Å². The highest BCUT2D eigenvalue weighted by molar-refractivity contribution is 7.89. The number of benzene rings is 2. The number of amides is 1. The predicted molar refractivity (Wildman–Crippen MR) is 174 cm³/mol. The van der Waals surface area contributed by atoms with E-state index in [0.29, 0.717) is 43.3 Å². The Balaban J connectivity index is 1.37. The van der Waals surface area contributed by atoms with Crippen LogP contribution in [0, 0.1) is 22.8 Å². The van der Waals surface area contributed by atoms with Crippen LogP contribution < -0.4 is 20.1 Å². The molecule has 0 radical (unpaired) electrons.